The number of carbonyl (C=O) groups is 2. The lowest BCUT2D eigenvalue weighted by atomic mass is 9.97. The van der Waals surface area contributed by atoms with Gasteiger partial charge in [-0.3, -0.25) is 14.3 Å². The van der Waals surface area contributed by atoms with Crippen LogP contribution in [-0.2, 0) is 20.9 Å². The van der Waals surface area contributed by atoms with Crippen LogP contribution in [0.25, 0.3) is 0 Å². The van der Waals surface area contributed by atoms with Gasteiger partial charge >= 0.3 is 0 Å². The molecule has 2 heterocycles. The highest BCUT2D eigenvalue weighted by atomic mass is 16.5. The molecule has 0 aliphatic carbocycles. The van der Waals surface area contributed by atoms with Crippen molar-refractivity contribution in [2.45, 2.75) is 25.1 Å². The lowest BCUT2D eigenvalue weighted by molar-refractivity contribution is -0.162. The van der Waals surface area contributed by atoms with Gasteiger partial charge in [0.25, 0.3) is 5.91 Å². The van der Waals surface area contributed by atoms with Gasteiger partial charge in [-0.1, -0.05) is 30.3 Å². The smallest absolute Gasteiger partial charge is 0.251 e. The van der Waals surface area contributed by atoms with Crippen molar-refractivity contribution in [1.82, 2.24) is 20.0 Å². The summed E-state index contributed by atoms with van der Waals surface area (Å²) >= 11 is 0. The van der Waals surface area contributed by atoms with Gasteiger partial charge in [-0.05, 0) is 18.1 Å². The summed E-state index contributed by atoms with van der Waals surface area (Å²) < 4.78 is 7.39. The number of likely N-dealkylation sites (N-methyl/N-ethyl adjacent to an activating group) is 1. The van der Waals surface area contributed by atoms with Crippen LogP contribution in [0.4, 0.5) is 0 Å². The molecule has 1 saturated heterocycles. The van der Waals surface area contributed by atoms with Gasteiger partial charge in [-0.25, -0.2) is 0 Å². The van der Waals surface area contributed by atoms with E-state index in [-0.39, 0.29) is 18.4 Å². The fourth-order valence-electron chi connectivity index (χ4n) is 2.97. The Kier molecular flexibility index (Phi) is 5.45. The lowest BCUT2D eigenvalue weighted by Crippen LogP contribution is -2.53. The Bertz CT molecular complexity index is 702. The van der Waals surface area contributed by atoms with E-state index in [0.29, 0.717) is 6.54 Å². The maximum absolute atomic E-state index is 12.6. The average molecular weight is 342 g/mol. The zero-order chi connectivity index (χ0) is 17.6. The summed E-state index contributed by atoms with van der Waals surface area (Å²) in [5, 5.41) is 7.03. The monoisotopic (exact) mass is 342 g/mol. The van der Waals surface area contributed by atoms with Gasteiger partial charge in [0, 0.05) is 32.5 Å². The minimum absolute atomic E-state index is 0.0782. The second-order valence-corrected chi connectivity index (χ2v) is 6.01. The number of carbonyl (C=O) groups excluding carboxylic acids is 2. The van der Waals surface area contributed by atoms with Crippen LogP contribution in [-0.4, -0.2) is 52.8 Å². The molecule has 0 bridgehead atoms. The summed E-state index contributed by atoms with van der Waals surface area (Å²) in [6, 6.07) is 10.9. The van der Waals surface area contributed by atoms with E-state index in [1.807, 2.05) is 47.3 Å². The van der Waals surface area contributed by atoms with Gasteiger partial charge in [-0.15, -0.1) is 0 Å². The Hall–Kier alpha value is -2.67. The van der Waals surface area contributed by atoms with Crippen molar-refractivity contribution in [3.05, 3.63) is 54.4 Å². The second-order valence-electron chi connectivity index (χ2n) is 6.01. The van der Waals surface area contributed by atoms with E-state index in [9.17, 15) is 9.59 Å². The molecule has 1 N–H and O–H groups in total. The Balaban J connectivity index is 1.61. The summed E-state index contributed by atoms with van der Waals surface area (Å²) in [5.74, 6) is -0.328. The molecule has 1 fully saturated rings. The predicted octanol–water partition coefficient (Wildman–Crippen LogP) is 0.988. The molecule has 7 nitrogen and oxygen atoms in total. The zero-order valence-corrected chi connectivity index (χ0v) is 14.2. The third-order valence-electron chi connectivity index (χ3n) is 4.31. The number of nitrogens with one attached hydrogen (secondary N) is 1. The van der Waals surface area contributed by atoms with E-state index in [1.165, 1.54) is 0 Å². The zero-order valence-electron chi connectivity index (χ0n) is 14.2. The van der Waals surface area contributed by atoms with Gasteiger partial charge in [0.2, 0.25) is 5.91 Å². The molecule has 132 valence electrons. The molecule has 1 aliphatic rings. The van der Waals surface area contributed by atoms with E-state index in [2.05, 4.69) is 10.4 Å². The largest absolute Gasteiger partial charge is 0.356 e. The van der Waals surface area contributed by atoms with Gasteiger partial charge < -0.3 is 15.0 Å². The van der Waals surface area contributed by atoms with Crippen LogP contribution in [0, 0.1) is 0 Å². The molecule has 25 heavy (non-hydrogen) atoms. The summed E-state index contributed by atoms with van der Waals surface area (Å²) in [6.07, 6.45) is 3.67. The number of aromatic nitrogens is 2. The number of ether oxygens (including phenoxy) is 1. The molecule has 1 aliphatic heterocycles. The molecule has 1 aromatic heterocycles. The van der Waals surface area contributed by atoms with Crippen molar-refractivity contribution >= 4 is 11.8 Å². The molecule has 2 amide bonds. The first-order chi connectivity index (χ1) is 12.2. The number of rotatable bonds is 6. The van der Waals surface area contributed by atoms with Crippen LogP contribution in [0.5, 0.6) is 0 Å². The van der Waals surface area contributed by atoms with Crippen LogP contribution in [0.1, 0.15) is 18.0 Å². The number of benzene rings is 1. The predicted molar refractivity (Wildman–Crippen MR) is 91.5 cm³/mol. The summed E-state index contributed by atoms with van der Waals surface area (Å²) in [7, 11) is 1.71. The number of amides is 2. The highest BCUT2D eigenvalue weighted by Gasteiger charge is 2.39. The molecule has 0 saturated carbocycles. The molecule has 0 unspecified atom stereocenters. The maximum atomic E-state index is 12.6. The summed E-state index contributed by atoms with van der Waals surface area (Å²) in [5.41, 5.74) is 0.884. The highest BCUT2D eigenvalue weighted by Crippen LogP contribution is 2.28. The van der Waals surface area contributed by atoms with Crippen molar-refractivity contribution in [2.24, 2.45) is 0 Å². The van der Waals surface area contributed by atoms with Crippen LogP contribution in [0.2, 0.25) is 0 Å². The van der Waals surface area contributed by atoms with E-state index in [1.54, 1.807) is 18.1 Å². The number of aryl methyl sites for hydroxylation is 1. The number of nitrogens with zero attached hydrogens (tertiary/aromatic N) is 3. The molecular formula is C18H22N4O3. The first-order valence-electron chi connectivity index (χ1n) is 8.34. The van der Waals surface area contributed by atoms with Crippen LogP contribution in [0.15, 0.2) is 48.8 Å². The number of hydrogen-bond acceptors (Lipinski definition) is 4. The molecule has 0 spiro atoms. The molecule has 2 aromatic rings. The second kappa shape index (κ2) is 7.94. The number of morpholine rings is 1. The SMILES string of the molecule is CN1C(=O)CO[C@@H](C(=O)NCCCn2cccn2)[C@H]1c1ccccc1. The third kappa shape index (κ3) is 4.06. The van der Waals surface area contributed by atoms with Crippen molar-refractivity contribution in [1.29, 1.82) is 0 Å². The fraction of sp³-hybridized carbons (Fsp3) is 0.389. The Morgan fingerprint density at radius 2 is 2.12 bits per heavy atom. The first-order valence-corrected chi connectivity index (χ1v) is 8.34. The van der Waals surface area contributed by atoms with Crippen LogP contribution < -0.4 is 5.32 Å². The number of hydrogen-bond donors (Lipinski definition) is 1. The van der Waals surface area contributed by atoms with E-state index in [0.717, 1.165) is 18.5 Å². The van der Waals surface area contributed by atoms with Crippen molar-refractivity contribution < 1.29 is 14.3 Å². The average Bonchev–Trinajstić information content (AvgIpc) is 3.15. The lowest BCUT2D eigenvalue weighted by Gasteiger charge is -2.38. The molecule has 7 heteroatoms. The van der Waals surface area contributed by atoms with Gasteiger partial charge in [0.05, 0.1) is 6.04 Å². The minimum atomic E-state index is -0.713. The fourth-order valence-corrected chi connectivity index (χ4v) is 2.97. The van der Waals surface area contributed by atoms with E-state index < -0.39 is 12.1 Å². The Morgan fingerprint density at radius 3 is 2.84 bits per heavy atom. The Morgan fingerprint density at radius 1 is 1.32 bits per heavy atom. The summed E-state index contributed by atoms with van der Waals surface area (Å²) in [6.45, 7) is 1.18. The van der Waals surface area contributed by atoms with E-state index >= 15 is 0 Å². The van der Waals surface area contributed by atoms with E-state index in [4.69, 9.17) is 4.74 Å². The molecular weight excluding hydrogens is 320 g/mol. The molecule has 1 aromatic carbocycles. The van der Waals surface area contributed by atoms with Gasteiger partial charge in [-0.2, -0.15) is 5.10 Å². The molecule has 0 radical (unpaired) electrons. The molecule has 2 atom stereocenters. The quantitative estimate of drug-likeness (QED) is 0.794. The Labute approximate surface area is 146 Å². The normalized spacial score (nSPS) is 20.5. The van der Waals surface area contributed by atoms with Crippen molar-refractivity contribution in [2.75, 3.05) is 20.2 Å². The van der Waals surface area contributed by atoms with Gasteiger partial charge in [0.15, 0.2) is 6.10 Å². The first kappa shape index (κ1) is 17.2. The third-order valence-corrected chi connectivity index (χ3v) is 4.31. The highest BCUT2D eigenvalue weighted by molar-refractivity contribution is 5.86. The molecule has 3 rings (SSSR count). The summed E-state index contributed by atoms with van der Waals surface area (Å²) in [4.78, 5) is 26.2. The van der Waals surface area contributed by atoms with Gasteiger partial charge in [0.1, 0.15) is 6.61 Å². The standard InChI is InChI=1S/C18H22N4O3/c1-21-15(23)13-25-17(16(21)14-7-3-2-4-8-14)18(24)19-9-5-11-22-12-6-10-20-22/h2-4,6-8,10,12,16-17H,5,9,11,13H2,1H3,(H,19,24)/t16-,17-/m1/s1. The topological polar surface area (TPSA) is 76.5 Å². The van der Waals surface area contributed by atoms with Crippen LogP contribution >= 0.6 is 0 Å². The van der Waals surface area contributed by atoms with Crippen molar-refractivity contribution in [3.8, 4) is 0 Å². The maximum Gasteiger partial charge on any atom is 0.251 e. The minimum Gasteiger partial charge on any atom is -0.356 e. The van der Waals surface area contributed by atoms with Crippen molar-refractivity contribution in [3.63, 3.8) is 0 Å². The van der Waals surface area contributed by atoms with Crippen LogP contribution in [0.3, 0.4) is 0 Å².